The largest absolute Gasteiger partial charge is 0.496 e. The molecule has 27 heavy (non-hydrogen) atoms. The van der Waals surface area contributed by atoms with Crippen molar-refractivity contribution in [3.63, 3.8) is 0 Å². The zero-order valence-electron chi connectivity index (χ0n) is 14.9. The predicted molar refractivity (Wildman–Crippen MR) is 108 cm³/mol. The summed E-state index contributed by atoms with van der Waals surface area (Å²) in [5.74, 6) is -0.280. The van der Waals surface area contributed by atoms with E-state index >= 15 is 0 Å². The number of halogens is 4. The molecule has 4 rings (SSSR count). The topological polar surface area (TPSA) is 52.6 Å². The molecule has 9 heteroatoms. The molecule has 1 aliphatic heterocycles. The maximum Gasteiger partial charge on any atom is 0.213 e. The Bertz CT molecular complexity index is 1060. The van der Waals surface area contributed by atoms with E-state index in [-0.39, 0.29) is 5.03 Å². The van der Waals surface area contributed by atoms with E-state index in [1.54, 1.807) is 19.2 Å². The van der Waals surface area contributed by atoms with E-state index in [4.69, 9.17) is 55.9 Å². The number of fused-ring (bicyclic) bond motifs is 8. The Kier molecular flexibility index (Phi) is 4.18. The first-order valence-corrected chi connectivity index (χ1v) is 11.1. The van der Waals surface area contributed by atoms with Crippen molar-refractivity contribution in [1.82, 2.24) is 0 Å². The number of alkyl halides is 2. The van der Waals surface area contributed by atoms with Crippen LogP contribution in [-0.4, -0.2) is 31.7 Å². The standard InChI is InChI=1S/C18H16Cl4O4S/c1-7(2)10-13-11-8(25-3)5-6-9(26-4)12(11)14(10)18(22)17(13,21)15(19)16(20)27(18,23)24/h5-6,13-14H,1-4H3/t13-,14-,17-,18-/m1/s1. The number of benzene rings is 1. The van der Waals surface area contributed by atoms with Gasteiger partial charge in [-0.3, -0.25) is 0 Å². The molecular weight excluding hydrogens is 454 g/mol. The number of ether oxygens (including phenoxy) is 2. The molecule has 0 saturated heterocycles. The van der Waals surface area contributed by atoms with Gasteiger partial charge in [-0.2, -0.15) is 0 Å². The van der Waals surface area contributed by atoms with Crippen LogP contribution in [0.5, 0.6) is 11.5 Å². The fourth-order valence-electron chi connectivity index (χ4n) is 4.83. The van der Waals surface area contributed by atoms with Crippen LogP contribution in [0.2, 0.25) is 0 Å². The Morgan fingerprint density at radius 3 is 1.93 bits per heavy atom. The Morgan fingerprint density at radius 1 is 1.00 bits per heavy atom. The molecule has 1 heterocycles. The van der Waals surface area contributed by atoms with Crippen LogP contribution in [0.25, 0.3) is 0 Å². The summed E-state index contributed by atoms with van der Waals surface area (Å²) in [4.78, 5) is -1.63. The van der Waals surface area contributed by atoms with Crippen molar-refractivity contribution in [2.24, 2.45) is 0 Å². The molecule has 146 valence electrons. The third-order valence-corrected chi connectivity index (χ3v) is 11.5. The lowest BCUT2D eigenvalue weighted by atomic mass is 9.81. The van der Waals surface area contributed by atoms with Gasteiger partial charge in [-0.15, -0.1) is 11.6 Å². The molecule has 0 N–H and O–H groups in total. The average molecular weight is 470 g/mol. The molecule has 1 aromatic rings. The first-order valence-electron chi connectivity index (χ1n) is 8.11. The van der Waals surface area contributed by atoms with Gasteiger partial charge in [0.25, 0.3) is 0 Å². The highest BCUT2D eigenvalue weighted by molar-refractivity contribution is 8.00. The SMILES string of the molecule is COc1ccc(OC)c2c1[C@H]1C(=C(C)C)[C@H]2[C@]2(Cl)[C@]1(Cl)C(Cl)=C(Cl)S2(=O)=O. The number of sulfone groups is 1. The van der Waals surface area contributed by atoms with E-state index in [1.807, 2.05) is 13.8 Å². The van der Waals surface area contributed by atoms with Crippen LogP contribution in [0.4, 0.5) is 0 Å². The van der Waals surface area contributed by atoms with Gasteiger partial charge in [-0.1, -0.05) is 45.9 Å². The zero-order chi connectivity index (χ0) is 20.1. The van der Waals surface area contributed by atoms with Crippen molar-refractivity contribution in [3.8, 4) is 11.5 Å². The molecular formula is C18H16Cl4O4S. The second-order valence-corrected chi connectivity index (χ2v) is 11.5. The minimum absolute atomic E-state index is 0.150. The average Bonchev–Trinajstić information content (AvgIpc) is 3.13. The van der Waals surface area contributed by atoms with Crippen LogP contribution in [0.3, 0.4) is 0 Å². The van der Waals surface area contributed by atoms with Gasteiger partial charge >= 0.3 is 0 Å². The van der Waals surface area contributed by atoms with Gasteiger partial charge in [0.1, 0.15) is 16.4 Å². The molecule has 4 nitrogen and oxygen atoms in total. The van der Waals surface area contributed by atoms with E-state index in [0.717, 1.165) is 16.7 Å². The molecule has 0 amide bonds. The van der Waals surface area contributed by atoms with Crippen molar-refractivity contribution >= 4 is 56.2 Å². The Morgan fingerprint density at radius 2 is 1.48 bits per heavy atom. The Hall–Kier alpha value is -0.590. The second kappa shape index (κ2) is 5.73. The summed E-state index contributed by atoms with van der Waals surface area (Å²) in [6.45, 7) is 3.79. The predicted octanol–water partition coefficient (Wildman–Crippen LogP) is 5.22. The summed E-state index contributed by atoms with van der Waals surface area (Å²) in [5.41, 5.74) is 3.12. The molecule has 3 aliphatic rings. The van der Waals surface area contributed by atoms with Crippen molar-refractivity contribution < 1.29 is 17.9 Å². The van der Waals surface area contributed by atoms with Crippen molar-refractivity contribution in [2.45, 2.75) is 34.8 Å². The molecule has 1 fully saturated rings. The highest BCUT2D eigenvalue weighted by Crippen LogP contribution is 2.80. The van der Waals surface area contributed by atoms with Gasteiger partial charge in [-0.25, -0.2) is 8.42 Å². The number of hydrogen-bond acceptors (Lipinski definition) is 4. The van der Waals surface area contributed by atoms with Crippen molar-refractivity contribution in [3.05, 3.63) is 43.8 Å². The summed E-state index contributed by atoms with van der Waals surface area (Å²) in [5, 5.41) is -0.150. The highest BCUT2D eigenvalue weighted by atomic mass is 35.5. The van der Waals surface area contributed by atoms with Crippen LogP contribution in [0.1, 0.15) is 36.8 Å². The summed E-state index contributed by atoms with van der Waals surface area (Å²) in [7, 11) is -1.12. The molecule has 0 unspecified atom stereocenters. The minimum Gasteiger partial charge on any atom is -0.496 e. The summed E-state index contributed by atoms with van der Waals surface area (Å²) >= 11 is 26.5. The molecule has 4 atom stereocenters. The van der Waals surface area contributed by atoms with Crippen LogP contribution in [-0.2, 0) is 9.84 Å². The maximum absolute atomic E-state index is 13.2. The van der Waals surface area contributed by atoms with Gasteiger partial charge in [0, 0.05) is 23.0 Å². The minimum atomic E-state index is -4.18. The first kappa shape index (κ1) is 19.7. The monoisotopic (exact) mass is 468 g/mol. The van der Waals surface area contributed by atoms with Gasteiger partial charge in [0.2, 0.25) is 9.84 Å². The van der Waals surface area contributed by atoms with Crippen LogP contribution >= 0.6 is 46.4 Å². The van der Waals surface area contributed by atoms with Gasteiger partial charge in [-0.05, 0) is 26.0 Å². The van der Waals surface area contributed by atoms with E-state index in [9.17, 15) is 8.42 Å². The van der Waals surface area contributed by atoms with Gasteiger partial charge in [0.05, 0.1) is 19.3 Å². The third-order valence-electron chi connectivity index (χ3n) is 5.81. The normalized spacial score (nSPS) is 35.3. The maximum atomic E-state index is 13.2. The van der Waals surface area contributed by atoms with Crippen molar-refractivity contribution in [2.75, 3.05) is 14.2 Å². The fraction of sp³-hybridized carbons (Fsp3) is 0.444. The number of hydrogen-bond donors (Lipinski definition) is 0. The lowest BCUT2D eigenvalue weighted by Gasteiger charge is -2.40. The van der Waals surface area contributed by atoms with Gasteiger partial charge < -0.3 is 9.47 Å². The fourth-order valence-corrected chi connectivity index (χ4v) is 9.45. The molecule has 1 saturated carbocycles. The first-order chi connectivity index (χ1) is 12.5. The summed E-state index contributed by atoms with van der Waals surface area (Å²) in [6, 6.07) is 3.50. The molecule has 0 aromatic heterocycles. The summed E-state index contributed by atoms with van der Waals surface area (Å²) < 4.78 is 35.1. The lowest BCUT2D eigenvalue weighted by Crippen LogP contribution is -2.50. The molecule has 1 aromatic carbocycles. The van der Waals surface area contributed by atoms with Crippen molar-refractivity contribution in [1.29, 1.82) is 0 Å². The highest BCUT2D eigenvalue weighted by Gasteiger charge is 2.82. The molecule has 2 bridgehead atoms. The smallest absolute Gasteiger partial charge is 0.213 e. The molecule has 0 spiro atoms. The van der Waals surface area contributed by atoms with E-state index in [2.05, 4.69) is 0 Å². The van der Waals surface area contributed by atoms with Crippen LogP contribution < -0.4 is 9.47 Å². The number of methoxy groups -OCH3 is 2. The van der Waals surface area contributed by atoms with Gasteiger partial charge in [0.15, 0.2) is 8.57 Å². The molecule has 0 radical (unpaired) electrons. The van der Waals surface area contributed by atoms with E-state index < -0.39 is 35.1 Å². The van der Waals surface area contributed by atoms with Crippen LogP contribution in [0, 0.1) is 0 Å². The lowest BCUT2D eigenvalue weighted by molar-refractivity contribution is 0.385. The third kappa shape index (κ3) is 1.87. The number of rotatable bonds is 2. The van der Waals surface area contributed by atoms with E-state index in [1.165, 1.54) is 7.11 Å². The van der Waals surface area contributed by atoms with Crippen LogP contribution in [0.15, 0.2) is 32.7 Å². The van der Waals surface area contributed by atoms with E-state index in [0.29, 0.717) is 17.1 Å². The second-order valence-electron chi connectivity index (χ2n) is 7.07. The Balaban J connectivity index is 2.23. The zero-order valence-corrected chi connectivity index (χ0v) is 18.7. The summed E-state index contributed by atoms with van der Waals surface area (Å²) in [6.07, 6.45) is 0. The quantitative estimate of drug-likeness (QED) is 0.440. The number of allylic oxidation sites excluding steroid dienone is 3. The molecule has 2 aliphatic carbocycles. The Labute approximate surface area is 177 Å².